The number of para-hydroxylation sites is 1. The van der Waals surface area contributed by atoms with Gasteiger partial charge in [0, 0.05) is 23.0 Å². The molecule has 0 amide bonds. The second-order valence-electron chi connectivity index (χ2n) is 5.10. The summed E-state index contributed by atoms with van der Waals surface area (Å²) in [6.07, 6.45) is 1.45. The van der Waals surface area contributed by atoms with E-state index in [9.17, 15) is 14.7 Å². The van der Waals surface area contributed by atoms with Gasteiger partial charge in [0.15, 0.2) is 5.43 Å². The molecule has 0 aliphatic carbocycles. The van der Waals surface area contributed by atoms with Gasteiger partial charge in [-0.25, -0.2) is 0 Å². The molecular weight excluding hydrogens is 307 g/mol. The van der Waals surface area contributed by atoms with Crippen molar-refractivity contribution in [2.45, 2.75) is 19.3 Å². The number of rotatable bonds is 4. The molecular formula is C17H13NaO5. The number of ketones is 1. The Hall–Kier alpha value is -1.82. The fourth-order valence-electron chi connectivity index (χ4n) is 2.56. The SMILES string of the molecule is CC(=O)CC(c1ccco1)c1c([O-])oc2ccccc2c1=O.[Na+]. The van der Waals surface area contributed by atoms with Crippen LogP contribution in [0, 0.1) is 0 Å². The predicted octanol–water partition coefficient (Wildman–Crippen LogP) is -0.425. The molecule has 1 atom stereocenters. The molecule has 0 aliphatic rings. The topological polar surface area (TPSA) is 83.5 Å². The first kappa shape index (κ1) is 17.5. The Bertz CT molecular complexity index is 880. The molecule has 0 fully saturated rings. The zero-order valence-electron chi connectivity index (χ0n) is 12.9. The third-order valence-corrected chi connectivity index (χ3v) is 3.53. The number of furan rings is 1. The molecule has 0 spiro atoms. The Morgan fingerprint density at radius 3 is 2.61 bits per heavy atom. The second kappa shape index (κ2) is 7.17. The monoisotopic (exact) mass is 320 g/mol. The van der Waals surface area contributed by atoms with Crippen LogP contribution in [0.15, 0.2) is 56.3 Å². The molecule has 0 radical (unpaired) electrons. The van der Waals surface area contributed by atoms with Crippen molar-refractivity contribution in [3.8, 4) is 5.95 Å². The molecule has 3 aromatic rings. The molecule has 0 saturated carbocycles. The van der Waals surface area contributed by atoms with Crippen LogP contribution in [0.3, 0.4) is 0 Å². The van der Waals surface area contributed by atoms with Gasteiger partial charge in [-0.1, -0.05) is 12.1 Å². The van der Waals surface area contributed by atoms with E-state index in [1.54, 1.807) is 36.4 Å². The van der Waals surface area contributed by atoms with Gasteiger partial charge < -0.3 is 13.9 Å². The van der Waals surface area contributed by atoms with Crippen LogP contribution in [-0.4, -0.2) is 5.78 Å². The minimum Gasteiger partial charge on any atom is -0.578 e. The molecule has 0 saturated heterocycles. The molecule has 23 heavy (non-hydrogen) atoms. The van der Waals surface area contributed by atoms with Crippen molar-refractivity contribution in [3.63, 3.8) is 0 Å². The maximum absolute atomic E-state index is 12.7. The van der Waals surface area contributed by atoms with Crippen LogP contribution in [0.2, 0.25) is 0 Å². The molecule has 0 N–H and O–H groups in total. The smallest absolute Gasteiger partial charge is 0.578 e. The maximum atomic E-state index is 12.7. The van der Waals surface area contributed by atoms with Crippen molar-refractivity contribution in [1.82, 2.24) is 0 Å². The van der Waals surface area contributed by atoms with Gasteiger partial charge in [0.25, 0.3) is 0 Å². The van der Waals surface area contributed by atoms with Gasteiger partial charge >= 0.3 is 29.6 Å². The number of benzene rings is 1. The van der Waals surface area contributed by atoms with Crippen LogP contribution in [0.5, 0.6) is 5.95 Å². The van der Waals surface area contributed by atoms with E-state index >= 15 is 0 Å². The quantitative estimate of drug-likeness (QED) is 0.610. The van der Waals surface area contributed by atoms with Crippen LogP contribution in [0.25, 0.3) is 11.0 Å². The third-order valence-electron chi connectivity index (χ3n) is 3.53. The average molecular weight is 320 g/mol. The zero-order valence-corrected chi connectivity index (χ0v) is 14.9. The van der Waals surface area contributed by atoms with E-state index in [4.69, 9.17) is 8.83 Å². The van der Waals surface area contributed by atoms with E-state index in [1.807, 2.05) is 0 Å². The van der Waals surface area contributed by atoms with Crippen LogP contribution in [-0.2, 0) is 4.79 Å². The van der Waals surface area contributed by atoms with Crippen molar-refractivity contribution in [2.75, 3.05) is 0 Å². The molecule has 6 heteroatoms. The van der Waals surface area contributed by atoms with Crippen molar-refractivity contribution < 1.29 is 48.3 Å². The van der Waals surface area contributed by atoms with E-state index in [-0.39, 0.29) is 52.9 Å². The summed E-state index contributed by atoms with van der Waals surface area (Å²) in [6.45, 7) is 1.41. The number of Topliss-reactive ketones (excluding diaryl/α,β-unsaturated/α-hetero) is 1. The Labute approximate surface area is 154 Å². The molecule has 3 rings (SSSR count). The molecule has 1 unspecified atom stereocenters. The Morgan fingerprint density at radius 1 is 1.22 bits per heavy atom. The van der Waals surface area contributed by atoms with Gasteiger partial charge in [0.05, 0.1) is 18.1 Å². The van der Waals surface area contributed by atoms with Crippen LogP contribution in [0.4, 0.5) is 0 Å². The number of carbonyl (C=O) groups excluding carboxylic acids is 1. The normalized spacial score (nSPS) is 11.9. The molecule has 1 aromatic carbocycles. The molecule has 2 heterocycles. The van der Waals surface area contributed by atoms with E-state index in [0.29, 0.717) is 11.1 Å². The fourth-order valence-corrected chi connectivity index (χ4v) is 2.56. The zero-order chi connectivity index (χ0) is 15.7. The number of hydrogen-bond donors (Lipinski definition) is 0. The van der Waals surface area contributed by atoms with Crippen molar-refractivity contribution >= 4 is 16.8 Å². The summed E-state index contributed by atoms with van der Waals surface area (Å²) in [4.78, 5) is 24.2. The summed E-state index contributed by atoms with van der Waals surface area (Å²) in [5.41, 5.74) is -0.249. The van der Waals surface area contributed by atoms with E-state index in [0.717, 1.165) is 0 Å². The van der Waals surface area contributed by atoms with Gasteiger partial charge in [0.2, 0.25) is 0 Å². The van der Waals surface area contributed by atoms with Crippen LogP contribution < -0.4 is 40.1 Å². The van der Waals surface area contributed by atoms with Crippen molar-refractivity contribution in [2.24, 2.45) is 0 Å². The van der Waals surface area contributed by atoms with E-state index in [1.165, 1.54) is 13.2 Å². The van der Waals surface area contributed by atoms with Gasteiger partial charge in [-0.3, -0.25) is 9.59 Å². The summed E-state index contributed by atoms with van der Waals surface area (Å²) >= 11 is 0. The first-order valence-electron chi connectivity index (χ1n) is 6.83. The van der Waals surface area contributed by atoms with Gasteiger partial charge in [0.1, 0.15) is 11.5 Å². The predicted molar refractivity (Wildman–Crippen MR) is 77.8 cm³/mol. The second-order valence-corrected chi connectivity index (χ2v) is 5.10. The maximum Gasteiger partial charge on any atom is 1.00 e. The van der Waals surface area contributed by atoms with E-state index < -0.39 is 17.3 Å². The Kier molecular flexibility index (Phi) is 5.46. The molecule has 112 valence electrons. The first-order valence-corrected chi connectivity index (χ1v) is 6.83. The molecule has 5 nitrogen and oxygen atoms in total. The molecule has 0 bridgehead atoms. The summed E-state index contributed by atoms with van der Waals surface area (Å²) in [7, 11) is 0. The summed E-state index contributed by atoms with van der Waals surface area (Å²) in [6, 6.07) is 9.83. The Morgan fingerprint density at radius 2 is 1.96 bits per heavy atom. The van der Waals surface area contributed by atoms with Gasteiger partial charge in [-0.15, -0.1) is 0 Å². The van der Waals surface area contributed by atoms with Crippen molar-refractivity contribution in [1.29, 1.82) is 0 Å². The van der Waals surface area contributed by atoms with Gasteiger partial charge in [-0.05, 0) is 31.2 Å². The fraction of sp³-hybridized carbons (Fsp3) is 0.176. The molecule has 0 aliphatic heterocycles. The minimum atomic E-state index is -0.735. The number of carbonyl (C=O) groups is 1. The summed E-state index contributed by atoms with van der Waals surface area (Å²) in [5.74, 6) is -1.21. The minimum absolute atomic E-state index is 0. The summed E-state index contributed by atoms with van der Waals surface area (Å²) in [5, 5.41) is 12.6. The van der Waals surface area contributed by atoms with Crippen LogP contribution in [0.1, 0.15) is 30.6 Å². The number of hydrogen-bond acceptors (Lipinski definition) is 5. The van der Waals surface area contributed by atoms with E-state index in [2.05, 4.69) is 0 Å². The Balaban J connectivity index is 0.00000192. The standard InChI is InChI=1S/C17H14O5.Na/c1-10(18)9-12(13-7-4-8-21-13)15-16(19)11-5-2-3-6-14(11)22-17(15)20;/h2-8,12,20H,9H2,1H3;/q;+1/p-1. The summed E-state index contributed by atoms with van der Waals surface area (Å²) < 4.78 is 10.5. The first-order chi connectivity index (χ1) is 10.6. The average Bonchev–Trinajstić information content (AvgIpc) is 3.00. The number of fused-ring (bicyclic) bond motifs is 1. The third kappa shape index (κ3) is 3.42. The van der Waals surface area contributed by atoms with Gasteiger partial charge in [-0.2, -0.15) is 0 Å². The van der Waals surface area contributed by atoms with Crippen LogP contribution >= 0.6 is 0 Å². The largest absolute Gasteiger partial charge is 1.00 e. The van der Waals surface area contributed by atoms with Crippen molar-refractivity contribution in [3.05, 3.63) is 64.2 Å². The molecule has 2 aromatic heterocycles.